The number of hydrogen-bond acceptors (Lipinski definition) is 6. The largest absolute Gasteiger partial charge is 0.445 e. The number of rotatable bonds is 9. The molecule has 3 rings (SSSR count). The number of halogens is 3. The molecule has 0 saturated heterocycles. The summed E-state index contributed by atoms with van der Waals surface area (Å²) in [6, 6.07) is 8.31. The zero-order valence-corrected chi connectivity index (χ0v) is 22.7. The van der Waals surface area contributed by atoms with E-state index in [0.717, 1.165) is 17.7 Å². The van der Waals surface area contributed by atoms with E-state index in [0.29, 0.717) is 17.7 Å². The lowest BCUT2D eigenvalue weighted by Gasteiger charge is -2.20. The number of alkyl halides is 3. The molecule has 1 aromatic carbocycles. The number of carbonyl (C=O) groups is 2. The SMILES string of the molecule is Cc1ccn(NCc2cccnc2)c(=O)c1CC(=O)NCc1cc(C(F)(F)F)ccc1COC(=O)NC(C)(C)C. The molecule has 40 heavy (non-hydrogen) atoms. The van der Waals surface area contributed by atoms with Crippen molar-refractivity contribution in [1.82, 2.24) is 20.3 Å². The Labute approximate surface area is 229 Å². The van der Waals surface area contributed by atoms with Gasteiger partial charge in [-0.2, -0.15) is 13.2 Å². The van der Waals surface area contributed by atoms with E-state index >= 15 is 0 Å². The van der Waals surface area contributed by atoms with Crippen molar-refractivity contribution in [2.24, 2.45) is 0 Å². The third kappa shape index (κ3) is 8.85. The highest BCUT2D eigenvalue weighted by atomic mass is 19.4. The van der Waals surface area contributed by atoms with Crippen molar-refractivity contribution in [3.05, 3.63) is 98.7 Å². The van der Waals surface area contributed by atoms with E-state index in [1.165, 1.54) is 10.7 Å². The summed E-state index contributed by atoms with van der Waals surface area (Å²) in [6.07, 6.45) is -0.756. The molecule has 0 unspecified atom stereocenters. The summed E-state index contributed by atoms with van der Waals surface area (Å²) in [5.74, 6) is -0.556. The first-order chi connectivity index (χ1) is 18.7. The maximum atomic E-state index is 13.4. The van der Waals surface area contributed by atoms with Crippen LogP contribution in [0.1, 0.15) is 54.2 Å². The highest BCUT2D eigenvalue weighted by molar-refractivity contribution is 5.78. The van der Waals surface area contributed by atoms with Crippen LogP contribution >= 0.6 is 0 Å². The Bertz CT molecular complexity index is 1400. The van der Waals surface area contributed by atoms with Crippen LogP contribution in [0.15, 0.2) is 59.8 Å². The summed E-state index contributed by atoms with van der Waals surface area (Å²) in [5.41, 5.74) is 3.21. The van der Waals surface area contributed by atoms with Crippen molar-refractivity contribution in [2.45, 2.75) is 65.5 Å². The molecule has 0 spiro atoms. The number of hydrogen-bond donors (Lipinski definition) is 3. The molecule has 0 saturated carbocycles. The summed E-state index contributed by atoms with van der Waals surface area (Å²) in [6.45, 7) is 6.74. The van der Waals surface area contributed by atoms with E-state index < -0.39 is 34.8 Å². The van der Waals surface area contributed by atoms with Crippen LogP contribution in [0.25, 0.3) is 0 Å². The minimum absolute atomic E-state index is 0.132. The quantitative estimate of drug-likeness (QED) is 0.362. The van der Waals surface area contributed by atoms with Crippen LogP contribution in [-0.2, 0) is 41.8 Å². The topological polar surface area (TPSA) is 114 Å². The second-order valence-corrected chi connectivity index (χ2v) is 10.2. The van der Waals surface area contributed by atoms with Crippen LogP contribution < -0.4 is 21.6 Å². The molecule has 0 aliphatic heterocycles. The average Bonchev–Trinajstić information content (AvgIpc) is 2.87. The lowest BCUT2D eigenvalue weighted by atomic mass is 10.0. The molecule has 214 valence electrons. The predicted molar refractivity (Wildman–Crippen MR) is 143 cm³/mol. The molecule has 9 nitrogen and oxygen atoms in total. The predicted octanol–water partition coefficient (Wildman–Crippen LogP) is 4.20. The van der Waals surface area contributed by atoms with Crippen LogP contribution in [0.3, 0.4) is 0 Å². The van der Waals surface area contributed by atoms with Crippen LogP contribution in [0, 0.1) is 6.92 Å². The van der Waals surface area contributed by atoms with Gasteiger partial charge in [0.05, 0.1) is 18.5 Å². The standard InChI is InChI=1S/C28H32F3N5O4/c1-18-9-11-36(34-15-19-6-5-10-32-14-19)25(38)23(18)13-24(37)33-16-21-12-22(28(29,30)31)8-7-20(21)17-40-26(39)35-27(2,3)4/h5-12,14,34H,13,15-17H2,1-4H3,(H,33,37)(H,35,39). The van der Waals surface area contributed by atoms with Gasteiger partial charge in [-0.05, 0) is 74.2 Å². The van der Waals surface area contributed by atoms with Crippen molar-refractivity contribution in [2.75, 3.05) is 5.43 Å². The van der Waals surface area contributed by atoms with Gasteiger partial charge in [-0.15, -0.1) is 0 Å². The number of aromatic nitrogens is 2. The first-order valence-electron chi connectivity index (χ1n) is 12.5. The maximum absolute atomic E-state index is 13.4. The molecule has 0 atom stereocenters. The number of benzene rings is 1. The van der Waals surface area contributed by atoms with Crippen LogP contribution in [0.4, 0.5) is 18.0 Å². The Balaban J connectivity index is 1.71. The smallest absolute Gasteiger partial charge is 0.416 e. The van der Waals surface area contributed by atoms with Gasteiger partial charge >= 0.3 is 12.3 Å². The second kappa shape index (κ2) is 12.7. The minimum atomic E-state index is -4.60. The molecule has 0 fully saturated rings. The molecule has 2 heterocycles. The van der Waals surface area contributed by atoms with E-state index in [-0.39, 0.29) is 30.7 Å². The lowest BCUT2D eigenvalue weighted by molar-refractivity contribution is -0.137. The number of ether oxygens (including phenoxy) is 1. The summed E-state index contributed by atoms with van der Waals surface area (Å²) < 4.78 is 46.5. The monoisotopic (exact) mass is 559 g/mol. The van der Waals surface area contributed by atoms with Crippen LogP contribution in [0.2, 0.25) is 0 Å². The third-order valence-corrected chi connectivity index (χ3v) is 5.79. The molecule has 0 bridgehead atoms. The van der Waals surface area contributed by atoms with Gasteiger partial charge in [0.25, 0.3) is 5.56 Å². The Morgan fingerprint density at radius 1 is 1.05 bits per heavy atom. The zero-order valence-electron chi connectivity index (χ0n) is 22.7. The molecule has 12 heteroatoms. The summed E-state index contributed by atoms with van der Waals surface area (Å²) in [5, 5.41) is 5.19. The fourth-order valence-corrected chi connectivity index (χ4v) is 3.70. The number of amides is 2. The van der Waals surface area contributed by atoms with Gasteiger partial charge in [0.1, 0.15) is 6.61 Å². The summed E-state index contributed by atoms with van der Waals surface area (Å²) in [7, 11) is 0. The van der Waals surface area contributed by atoms with Gasteiger partial charge in [-0.1, -0.05) is 12.1 Å². The Morgan fingerprint density at radius 3 is 2.45 bits per heavy atom. The molecular weight excluding hydrogens is 527 g/mol. The molecule has 3 N–H and O–H groups in total. The number of alkyl carbamates (subject to hydrolysis) is 1. The Kier molecular flexibility index (Phi) is 9.56. The van der Waals surface area contributed by atoms with Gasteiger partial charge in [-0.25, -0.2) is 9.47 Å². The van der Waals surface area contributed by atoms with Gasteiger partial charge in [0.2, 0.25) is 5.91 Å². The van der Waals surface area contributed by atoms with E-state index in [9.17, 15) is 27.6 Å². The highest BCUT2D eigenvalue weighted by Gasteiger charge is 2.31. The fourth-order valence-electron chi connectivity index (χ4n) is 3.70. The van der Waals surface area contributed by atoms with Gasteiger partial charge in [-0.3, -0.25) is 14.6 Å². The average molecular weight is 560 g/mol. The summed E-state index contributed by atoms with van der Waals surface area (Å²) in [4.78, 5) is 41.9. The molecule has 3 aromatic rings. The van der Waals surface area contributed by atoms with E-state index in [1.807, 2.05) is 6.07 Å². The van der Waals surface area contributed by atoms with Gasteiger partial charge in [0, 0.05) is 36.2 Å². The molecule has 2 aromatic heterocycles. The van der Waals surface area contributed by atoms with E-state index in [1.54, 1.807) is 58.4 Å². The van der Waals surface area contributed by atoms with E-state index in [4.69, 9.17) is 4.74 Å². The number of aryl methyl sites for hydroxylation is 1. The molecular formula is C28H32F3N5O4. The van der Waals surface area contributed by atoms with Crippen molar-refractivity contribution < 1.29 is 27.5 Å². The summed E-state index contributed by atoms with van der Waals surface area (Å²) >= 11 is 0. The fraction of sp³-hybridized carbons (Fsp3) is 0.357. The Morgan fingerprint density at radius 2 is 1.80 bits per heavy atom. The zero-order chi connectivity index (χ0) is 29.5. The highest BCUT2D eigenvalue weighted by Crippen LogP contribution is 2.31. The van der Waals surface area contributed by atoms with Crippen molar-refractivity contribution in [3.63, 3.8) is 0 Å². The molecule has 0 aliphatic rings. The van der Waals surface area contributed by atoms with Crippen molar-refractivity contribution in [1.29, 1.82) is 0 Å². The van der Waals surface area contributed by atoms with Gasteiger partial charge < -0.3 is 20.8 Å². The normalized spacial score (nSPS) is 11.6. The number of pyridine rings is 2. The number of carbonyl (C=O) groups excluding carboxylic acids is 2. The van der Waals surface area contributed by atoms with E-state index in [2.05, 4.69) is 21.0 Å². The van der Waals surface area contributed by atoms with Crippen molar-refractivity contribution >= 4 is 12.0 Å². The third-order valence-electron chi connectivity index (χ3n) is 5.79. The van der Waals surface area contributed by atoms with Gasteiger partial charge in [0.15, 0.2) is 0 Å². The number of nitrogens with zero attached hydrogens (tertiary/aromatic N) is 2. The lowest BCUT2D eigenvalue weighted by Crippen LogP contribution is -2.40. The Hall–Kier alpha value is -4.35. The number of nitrogens with one attached hydrogen (secondary N) is 3. The first kappa shape index (κ1) is 30.2. The van der Waals surface area contributed by atoms with Crippen LogP contribution in [-0.4, -0.2) is 27.2 Å². The molecule has 0 aliphatic carbocycles. The second-order valence-electron chi connectivity index (χ2n) is 10.2. The maximum Gasteiger partial charge on any atom is 0.416 e. The van der Waals surface area contributed by atoms with Crippen molar-refractivity contribution in [3.8, 4) is 0 Å². The van der Waals surface area contributed by atoms with Crippen LogP contribution in [0.5, 0.6) is 0 Å². The first-order valence-corrected chi connectivity index (χ1v) is 12.5. The minimum Gasteiger partial charge on any atom is -0.445 e. The molecule has 2 amide bonds. The molecule has 0 radical (unpaired) electrons.